The number of hydrogen-bond acceptors (Lipinski definition) is 6. The van der Waals surface area contributed by atoms with E-state index >= 15 is 0 Å². The number of aromatic nitrogens is 2. The van der Waals surface area contributed by atoms with Crippen LogP contribution in [0.3, 0.4) is 0 Å². The number of carbonyl (C=O) groups excluding carboxylic acids is 1. The Balaban J connectivity index is 1.63. The summed E-state index contributed by atoms with van der Waals surface area (Å²) < 4.78 is 11.6. The first-order chi connectivity index (χ1) is 12.7. The predicted molar refractivity (Wildman–Crippen MR) is 98.2 cm³/mol. The van der Waals surface area contributed by atoms with E-state index in [0.717, 1.165) is 24.8 Å². The summed E-state index contributed by atoms with van der Waals surface area (Å²) in [6.07, 6.45) is 2.49. The van der Waals surface area contributed by atoms with E-state index in [1.54, 1.807) is 12.1 Å². The fourth-order valence-corrected chi connectivity index (χ4v) is 5.07. The first-order valence-corrected chi connectivity index (χ1v) is 9.15. The molecule has 3 aromatic rings. The second kappa shape index (κ2) is 4.94. The Hall–Kier alpha value is -2.76. The molecule has 2 heterocycles. The average Bonchev–Trinajstić information content (AvgIpc) is 2.95. The van der Waals surface area contributed by atoms with Gasteiger partial charge in [-0.25, -0.2) is 0 Å². The van der Waals surface area contributed by atoms with Crippen LogP contribution in [0.2, 0.25) is 0 Å². The molecule has 27 heavy (non-hydrogen) atoms. The Bertz CT molecular complexity index is 1180. The van der Waals surface area contributed by atoms with Gasteiger partial charge in [-0.2, -0.15) is 4.98 Å². The first-order valence-electron chi connectivity index (χ1n) is 9.15. The van der Waals surface area contributed by atoms with Crippen molar-refractivity contribution in [3.05, 3.63) is 56.5 Å². The van der Waals surface area contributed by atoms with Crippen molar-refractivity contribution in [1.29, 1.82) is 0 Å². The summed E-state index contributed by atoms with van der Waals surface area (Å²) in [6.45, 7) is 7.01. The molecule has 138 valence electrons. The molecule has 2 aromatic heterocycles. The van der Waals surface area contributed by atoms with Crippen LogP contribution in [0.15, 0.2) is 25.9 Å². The summed E-state index contributed by atoms with van der Waals surface area (Å²) in [5, 5.41) is 4.38. The van der Waals surface area contributed by atoms with Crippen molar-refractivity contribution in [2.24, 2.45) is 0 Å². The van der Waals surface area contributed by atoms with E-state index in [9.17, 15) is 9.59 Å². The molecule has 0 atom stereocenters. The van der Waals surface area contributed by atoms with E-state index < -0.39 is 0 Å². The third-order valence-corrected chi connectivity index (χ3v) is 6.24. The number of fused-ring (bicyclic) bond motifs is 1. The van der Waals surface area contributed by atoms with Gasteiger partial charge in [0.05, 0.1) is 16.4 Å². The minimum Gasteiger partial charge on any atom is -0.459 e. The molecule has 0 aliphatic heterocycles. The highest BCUT2D eigenvalue weighted by Crippen LogP contribution is 2.73. The van der Waals surface area contributed by atoms with Crippen LogP contribution in [0.4, 0.5) is 0 Å². The van der Waals surface area contributed by atoms with Gasteiger partial charge in [0.2, 0.25) is 5.89 Å². The summed E-state index contributed by atoms with van der Waals surface area (Å²) >= 11 is 0. The smallest absolute Gasteiger partial charge is 0.232 e. The van der Waals surface area contributed by atoms with Crippen LogP contribution < -0.4 is 5.43 Å². The number of rotatable bonds is 3. The highest BCUT2D eigenvalue weighted by Gasteiger charge is 2.73. The third-order valence-electron chi connectivity index (χ3n) is 6.24. The molecular formula is C21H20N2O4. The summed E-state index contributed by atoms with van der Waals surface area (Å²) in [5.41, 5.74) is 2.09. The zero-order valence-electron chi connectivity index (χ0n) is 15.8. The molecule has 0 unspecified atom stereocenters. The van der Waals surface area contributed by atoms with Gasteiger partial charge in [-0.05, 0) is 64.7 Å². The Labute approximate surface area is 155 Å². The summed E-state index contributed by atoms with van der Waals surface area (Å²) in [4.78, 5) is 29.5. The Morgan fingerprint density at radius 2 is 1.81 bits per heavy atom. The standard InChI is InChI=1S/C21H20N2O4/c1-10-5-14(12(3)24)17-15(6-10)16(25)11(2)18(26-17)20-7-21(8-20,9-20)19-22-13(4)23-27-19/h5-6H,7-9H2,1-4H3. The number of nitrogens with zero attached hydrogens (tertiary/aromatic N) is 2. The lowest BCUT2D eigenvalue weighted by Gasteiger charge is -2.67. The van der Waals surface area contributed by atoms with E-state index in [2.05, 4.69) is 10.1 Å². The highest BCUT2D eigenvalue weighted by atomic mass is 16.5. The molecule has 0 saturated heterocycles. The maximum Gasteiger partial charge on any atom is 0.232 e. The number of carbonyl (C=O) groups is 1. The van der Waals surface area contributed by atoms with Crippen LogP contribution in [0, 0.1) is 20.8 Å². The Kier molecular flexibility index (Phi) is 3.00. The van der Waals surface area contributed by atoms with E-state index in [1.807, 2.05) is 20.8 Å². The molecule has 6 heteroatoms. The number of Topliss-reactive ketones (excluding diaryl/α,β-unsaturated/α-hetero) is 1. The van der Waals surface area contributed by atoms with Crippen LogP contribution in [-0.2, 0) is 10.8 Å². The van der Waals surface area contributed by atoms with E-state index in [1.165, 1.54) is 6.92 Å². The Morgan fingerprint density at radius 1 is 1.11 bits per heavy atom. The molecule has 3 fully saturated rings. The molecule has 3 saturated carbocycles. The van der Waals surface area contributed by atoms with Gasteiger partial charge in [0, 0.05) is 11.0 Å². The minimum absolute atomic E-state index is 0.0511. The lowest BCUT2D eigenvalue weighted by molar-refractivity contribution is -0.102. The largest absolute Gasteiger partial charge is 0.459 e. The van der Waals surface area contributed by atoms with Crippen molar-refractivity contribution in [3.63, 3.8) is 0 Å². The molecule has 1 aromatic carbocycles. The van der Waals surface area contributed by atoms with Crippen molar-refractivity contribution < 1.29 is 13.7 Å². The quantitative estimate of drug-likeness (QED) is 0.659. The van der Waals surface area contributed by atoms with Crippen molar-refractivity contribution in [2.45, 2.75) is 57.8 Å². The molecule has 2 bridgehead atoms. The molecule has 0 N–H and O–H groups in total. The maximum absolute atomic E-state index is 13.0. The van der Waals surface area contributed by atoms with Gasteiger partial charge >= 0.3 is 0 Å². The van der Waals surface area contributed by atoms with Gasteiger partial charge in [0.15, 0.2) is 17.0 Å². The van der Waals surface area contributed by atoms with Crippen molar-refractivity contribution >= 4 is 16.8 Å². The molecule has 6 nitrogen and oxygen atoms in total. The van der Waals surface area contributed by atoms with E-state index in [0.29, 0.717) is 39.6 Å². The summed E-state index contributed by atoms with van der Waals surface area (Å²) in [6, 6.07) is 3.59. The fraction of sp³-hybridized carbons (Fsp3) is 0.429. The van der Waals surface area contributed by atoms with Crippen LogP contribution >= 0.6 is 0 Å². The fourth-order valence-electron chi connectivity index (χ4n) is 5.07. The zero-order chi connectivity index (χ0) is 19.1. The molecule has 6 rings (SSSR count). The highest BCUT2D eigenvalue weighted by molar-refractivity contribution is 6.05. The summed E-state index contributed by atoms with van der Waals surface area (Å²) in [5.74, 6) is 1.93. The van der Waals surface area contributed by atoms with E-state index in [-0.39, 0.29) is 22.0 Å². The SMILES string of the molecule is CC(=O)c1cc(C)cc2c(=O)c(C)c(C34CC(c5nc(C)no5)(C3)C4)oc12. The molecule has 3 aliphatic carbocycles. The van der Waals surface area contributed by atoms with E-state index in [4.69, 9.17) is 8.94 Å². The third kappa shape index (κ3) is 2.01. The monoisotopic (exact) mass is 364 g/mol. The lowest BCUT2D eigenvalue weighted by Crippen LogP contribution is -2.67. The van der Waals surface area contributed by atoms with Gasteiger partial charge in [0.25, 0.3) is 0 Å². The first kappa shape index (κ1) is 16.4. The van der Waals surface area contributed by atoms with Crippen molar-refractivity contribution in [3.8, 4) is 0 Å². The molecule has 0 spiro atoms. The summed E-state index contributed by atoms with van der Waals surface area (Å²) in [7, 11) is 0. The van der Waals surface area contributed by atoms with Gasteiger partial charge in [0.1, 0.15) is 11.3 Å². The average molecular weight is 364 g/mol. The van der Waals surface area contributed by atoms with Gasteiger partial charge < -0.3 is 8.94 Å². The molecule has 3 aliphatic rings. The van der Waals surface area contributed by atoms with Gasteiger partial charge in [-0.15, -0.1) is 0 Å². The van der Waals surface area contributed by atoms with Gasteiger partial charge in [-0.3, -0.25) is 9.59 Å². The molecular weight excluding hydrogens is 344 g/mol. The lowest BCUT2D eigenvalue weighted by atomic mass is 9.34. The van der Waals surface area contributed by atoms with Crippen LogP contribution in [0.1, 0.15) is 65.1 Å². The second-order valence-corrected chi connectivity index (χ2v) is 8.37. The second-order valence-electron chi connectivity index (χ2n) is 8.37. The number of ketones is 1. The maximum atomic E-state index is 13.0. The topological polar surface area (TPSA) is 86.2 Å². The number of hydrogen-bond donors (Lipinski definition) is 0. The van der Waals surface area contributed by atoms with Crippen molar-refractivity contribution in [1.82, 2.24) is 10.1 Å². The van der Waals surface area contributed by atoms with Gasteiger partial charge in [-0.1, -0.05) is 5.16 Å². The zero-order valence-corrected chi connectivity index (χ0v) is 15.8. The Morgan fingerprint density at radius 3 is 2.41 bits per heavy atom. The molecule has 0 amide bonds. The van der Waals surface area contributed by atoms with Crippen LogP contribution in [0.5, 0.6) is 0 Å². The predicted octanol–water partition coefficient (Wildman–Crippen LogP) is 3.68. The van der Waals surface area contributed by atoms with Crippen LogP contribution in [0.25, 0.3) is 11.0 Å². The normalized spacial score (nSPS) is 25.9. The van der Waals surface area contributed by atoms with Crippen LogP contribution in [-0.4, -0.2) is 15.9 Å². The van der Waals surface area contributed by atoms with Crippen molar-refractivity contribution in [2.75, 3.05) is 0 Å². The minimum atomic E-state index is -0.168. The number of benzene rings is 1. The number of aryl methyl sites for hydroxylation is 2. The molecule has 0 radical (unpaired) electrons.